The Hall–Kier alpha value is -1.64. The van der Waals surface area contributed by atoms with Gasteiger partial charge in [0, 0.05) is 26.1 Å². The minimum absolute atomic E-state index is 0.0337. The monoisotopic (exact) mass is 315 g/mol. The second kappa shape index (κ2) is 8.60. The minimum atomic E-state index is -3.62. The number of hydrogen-bond acceptors (Lipinski definition) is 5. The Morgan fingerprint density at radius 2 is 1.90 bits per heavy atom. The number of rotatable bonds is 9. The molecule has 118 valence electrons. The van der Waals surface area contributed by atoms with Gasteiger partial charge in [-0.1, -0.05) is 0 Å². The largest absolute Gasteiger partial charge is 0.494 e. The van der Waals surface area contributed by atoms with Crippen LogP contribution >= 0.6 is 0 Å². The van der Waals surface area contributed by atoms with Crippen molar-refractivity contribution in [3.63, 3.8) is 0 Å². The zero-order valence-electron chi connectivity index (χ0n) is 12.0. The van der Waals surface area contributed by atoms with E-state index in [-0.39, 0.29) is 23.8 Å². The summed E-state index contributed by atoms with van der Waals surface area (Å²) in [6, 6.07) is 6.10. The standard InChI is InChI=1S/C13H21N3O4S/c1-2-20-11-3-5-12(6-4-11)21(18,19)16-9-7-13(17)15-10-8-14/h3-6,16H,2,7-10,14H2,1H3,(H,15,17). The molecule has 1 aromatic carbocycles. The van der Waals surface area contributed by atoms with Crippen LogP contribution in [0.1, 0.15) is 13.3 Å². The van der Waals surface area contributed by atoms with Gasteiger partial charge in [-0.05, 0) is 31.2 Å². The maximum Gasteiger partial charge on any atom is 0.240 e. The number of carbonyl (C=O) groups excluding carboxylic acids is 1. The fraction of sp³-hybridized carbons (Fsp3) is 0.462. The molecule has 1 amide bonds. The first kappa shape index (κ1) is 17.4. The normalized spacial score (nSPS) is 11.1. The van der Waals surface area contributed by atoms with Crippen LogP contribution in [-0.2, 0) is 14.8 Å². The maximum atomic E-state index is 12.0. The van der Waals surface area contributed by atoms with Gasteiger partial charge in [0.25, 0.3) is 0 Å². The molecule has 0 fully saturated rings. The first-order chi connectivity index (χ1) is 9.99. The van der Waals surface area contributed by atoms with Crippen LogP contribution < -0.4 is 20.5 Å². The molecule has 0 heterocycles. The van der Waals surface area contributed by atoms with E-state index >= 15 is 0 Å². The van der Waals surface area contributed by atoms with Crippen LogP contribution in [0.3, 0.4) is 0 Å². The summed E-state index contributed by atoms with van der Waals surface area (Å²) < 4.78 is 31.6. The average Bonchev–Trinajstić information content (AvgIpc) is 2.46. The van der Waals surface area contributed by atoms with E-state index in [4.69, 9.17) is 10.5 Å². The van der Waals surface area contributed by atoms with Crippen LogP contribution in [-0.4, -0.2) is 40.6 Å². The van der Waals surface area contributed by atoms with Crippen molar-refractivity contribution in [2.24, 2.45) is 5.73 Å². The van der Waals surface area contributed by atoms with Gasteiger partial charge in [0.1, 0.15) is 5.75 Å². The number of carbonyl (C=O) groups is 1. The Balaban J connectivity index is 2.51. The highest BCUT2D eigenvalue weighted by atomic mass is 32.2. The van der Waals surface area contributed by atoms with Crippen LogP contribution in [0.2, 0.25) is 0 Å². The van der Waals surface area contributed by atoms with Gasteiger partial charge in [-0.2, -0.15) is 0 Å². The van der Waals surface area contributed by atoms with E-state index < -0.39 is 10.0 Å². The molecule has 0 aliphatic carbocycles. The molecule has 4 N–H and O–H groups in total. The van der Waals surface area contributed by atoms with E-state index in [0.29, 0.717) is 25.4 Å². The third-order valence-corrected chi connectivity index (χ3v) is 4.03. The maximum absolute atomic E-state index is 12.0. The average molecular weight is 315 g/mol. The molecule has 8 heteroatoms. The summed E-state index contributed by atoms with van der Waals surface area (Å²) in [6.45, 7) is 3.13. The SMILES string of the molecule is CCOc1ccc(S(=O)(=O)NCCC(=O)NCCN)cc1. The number of hydrogen-bond donors (Lipinski definition) is 3. The van der Waals surface area contributed by atoms with Crippen LogP contribution in [0.5, 0.6) is 5.75 Å². The predicted octanol–water partition coefficient (Wildman–Crippen LogP) is -0.171. The molecule has 7 nitrogen and oxygen atoms in total. The molecule has 0 saturated carbocycles. The fourth-order valence-electron chi connectivity index (χ4n) is 1.56. The molecule has 0 spiro atoms. The third kappa shape index (κ3) is 6.11. The summed E-state index contributed by atoms with van der Waals surface area (Å²) in [6.07, 6.45) is 0.0657. The van der Waals surface area contributed by atoms with Crippen LogP contribution in [0, 0.1) is 0 Å². The van der Waals surface area contributed by atoms with Crippen LogP contribution in [0.4, 0.5) is 0 Å². The van der Waals surface area contributed by atoms with E-state index in [0.717, 1.165) is 0 Å². The highest BCUT2D eigenvalue weighted by Gasteiger charge is 2.14. The molecule has 21 heavy (non-hydrogen) atoms. The first-order valence-electron chi connectivity index (χ1n) is 6.69. The topological polar surface area (TPSA) is 111 Å². The van der Waals surface area contributed by atoms with Crippen LogP contribution in [0.25, 0.3) is 0 Å². The zero-order valence-corrected chi connectivity index (χ0v) is 12.8. The van der Waals surface area contributed by atoms with Crippen molar-refractivity contribution >= 4 is 15.9 Å². The summed E-state index contributed by atoms with van der Waals surface area (Å²) in [4.78, 5) is 11.5. The van der Waals surface area contributed by atoms with Crippen molar-refractivity contribution in [2.75, 3.05) is 26.2 Å². The third-order valence-electron chi connectivity index (χ3n) is 2.56. The van der Waals surface area contributed by atoms with E-state index in [1.807, 2.05) is 6.92 Å². The van der Waals surface area contributed by atoms with Crippen molar-refractivity contribution < 1.29 is 17.9 Å². The second-order valence-electron chi connectivity index (χ2n) is 4.19. The predicted molar refractivity (Wildman–Crippen MR) is 79.5 cm³/mol. The summed E-state index contributed by atoms with van der Waals surface area (Å²) in [5, 5.41) is 2.56. The molecule has 0 radical (unpaired) electrons. The van der Waals surface area contributed by atoms with Crippen molar-refractivity contribution in [2.45, 2.75) is 18.2 Å². The zero-order chi connectivity index (χ0) is 15.7. The summed E-state index contributed by atoms with van der Waals surface area (Å²) >= 11 is 0. The highest BCUT2D eigenvalue weighted by molar-refractivity contribution is 7.89. The van der Waals surface area contributed by atoms with Gasteiger partial charge in [-0.25, -0.2) is 13.1 Å². The number of nitrogens with one attached hydrogen (secondary N) is 2. The lowest BCUT2D eigenvalue weighted by Gasteiger charge is -2.08. The summed E-state index contributed by atoms with van der Waals surface area (Å²) in [5.74, 6) is 0.368. The number of benzene rings is 1. The van der Waals surface area contributed by atoms with E-state index in [1.165, 1.54) is 12.1 Å². The van der Waals surface area contributed by atoms with Gasteiger partial charge in [-0.3, -0.25) is 4.79 Å². The minimum Gasteiger partial charge on any atom is -0.494 e. The summed E-state index contributed by atoms with van der Waals surface area (Å²) in [5.41, 5.74) is 5.25. The Morgan fingerprint density at radius 3 is 2.48 bits per heavy atom. The van der Waals surface area contributed by atoms with Gasteiger partial charge in [0.2, 0.25) is 15.9 Å². The fourth-order valence-corrected chi connectivity index (χ4v) is 2.60. The molecule has 0 aliphatic rings. The first-order valence-corrected chi connectivity index (χ1v) is 8.17. The van der Waals surface area contributed by atoms with E-state index in [1.54, 1.807) is 12.1 Å². The number of sulfonamides is 1. The van der Waals surface area contributed by atoms with Crippen LogP contribution in [0.15, 0.2) is 29.2 Å². The Kier molecular flexibility index (Phi) is 7.13. The molecule has 1 aromatic rings. The Bertz CT molecular complexity index is 543. The number of amides is 1. The van der Waals surface area contributed by atoms with E-state index in [9.17, 15) is 13.2 Å². The molecular weight excluding hydrogens is 294 g/mol. The molecular formula is C13H21N3O4S. The van der Waals surface area contributed by atoms with Gasteiger partial charge < -0.3 is 15.8 Å². The smallest absolute Gasteiger partial charge is 0.240 e. The van der Waals surface area contributed by atoms with Gasteiger partial charge in [-0.15, -0.1) is 0 Å². The van der Waals surface area contributed by atoms with Crippen molar-refractivity contribution in [1.29, 1.82) is 0 Å². The lowest BCUT2D eigenvalue weighted by atomic mass is 10.3. The van der Waals surface area contributed by atoms with Crippen molar-refractivity contribution in [3.8, 4) is 5.75 Å². The number of nitrogens with two attached hydrogens (primary N) is 1. The molecule has 0 unspecified atom stereocenters. The molecule has 0 aliphatic heterocycles. The van der Waals surface area contributed by atoms with Gasteiger partial charge >= 0.3 is 0 Å². The summed E-state index contributed by atoms with van der Waals surface area (Å²) in [7, 11) is -3.62. The lowest BCUT2D eigenvalue weighted by molar-refractivity contribution is -0.120. The Morgan fingerprint density at radius 1 is 1.24 bits per heavy atom. The molecule has 0 aromatic heterocycles. The second-order valence-corrected chi connectivity index (χ2v) is 5.96. The van der Waals surface area contributed by atoms with E-state index in [2.05, 4.69) is 10.0 Å². The molecule has 1 rings (SSSR count). The van der Waals surface area contributed by atoms with Gasteiger partial charge in [0.05, 0.1) is 11.5 Å². The molecule has 0 saturated heterocycles. The molecule has 0 atom stereocenters. The van der Waals surface area contributed by atoms with Gasteiger partial charge in [0.15, 0.2) is 0 Å². The quantitative estimate of drug-likeness (QED) is 0.586. The highest BCUT2D eigenvalue weighted by Crippen LogP contribution is 2.15. The Labute approximate surface area is 124 Å². The van der Waals surface area contributed by atoms with Crippen molar-refractivity contribution in [1.82, 2.24) is 10.0 Å². The molecule has 0 bridgehead atoms. The lowest BCUT2D eigenvalue weighted by Crippen LogP contribution is -2.33. The number of ether oxygens (including phenoxy) is 1. The van der Waals surface area contributed by atoms with Crippen molar-refractivity contribution in [3.05, 3.63) is 24.3 Å².